The molecule has 3 saturated heterocycles. The van der Waals surface area contributed by atoms with Crippen molar-refractivity contribution < 1.29 is 14.0 Å². The lowest BCUT2D eigenvalue weighted by Crippen LogP contribution is -2.41. The number of anilines is 3. The molecule has 3 aliphatic heterocycles. The van der Waals surface area contributed by atoms with Crippen molar-refractivity contribution in [2.45, 2.75) is 18.9 Å². The molecule has 3 fully saturated rings. The van der Waals surface area contributed by atoms with Gasteiger partial charge < -0.3 is 25.7 Å². The highest BCUT2D eigenvalue weighted by Gasteiger charge is 2.33. The molecule has 33 heavy (non-hydrogen) atoms. The number of amides is 3. The van der Waals surface area contributed by atoms with Crippen LogP contribution in [0, 0.1) is 0 Å². The van der Waals surface area contributed by atoms with Crippen LogP contribution in [0.1, 0.15) is 23.4 Å². The second-order valence-corrected chi connectivity index (χ2v) is 8.51. The number of benzene rings is 2. The summed E-state index contributed by atoms with van der Waals surface area (Å²) in [7, 11) is 0. The Morgan fingerprint density at radius 1 is 0.909 bits per heavy atom. The quantitative estimate of drug-likeness (QED) is 0.596. The number of primary amides is 1. The van der Waals surface area contributed by atoms with E-state index in [-0.39, 0.29) is 11.9 Å². The first-order valence-corrected chi connectivity index (χ1v) is 11.2. The number of furan rings is 1. The summed E-state index contributed by atoms with van der Waals surface area (Å²) in [6.07, 6.45) is 2.03. The minimum atomic E-state index is -0.630. The van der Waals surface area contributed by atoms with E-state index in [0.717, 1.165) is 44.6 Å². The van der Waals surface area contributed by atoms with Gasteiger partial charge in [0.25, 0.3) is 5.91 Å². The zero-order valence-corrected chi connectivity index (χ0v) is 18.3. The van der Waals surface area contributed by atoms with Crippen molar-refractivity contribution in [3.05, 3.63) is 66.4 Å². The summed E-state index contributed by atoms with van der Waals surface area (Å²) >= 11 is 0. The number of nitrogens with zero attached hydrogens (tertiary/aromatic N) is 3. The Kier molecular flexibility index (Phi) is 5.51. The number of nitrogen functional groups attached to an aromatic ring is 1. The van der Waals surface area contributed by atoms with Gasteiger partial charge in [0.1, 0.15) is 5.76 Å². The van der Waals surface area contributed by atoms with E-state index in [1.54, 1.807) is 42.5 Å². The van der Waals surface area contributed by atoms with Crippen molar-refractivity contribution in [2.24, 2.45) is 5.73 Å². The second kappa shape index (κ2) is 8.63. The summed E-state index contributed by atoms with van der Waals surface area (Å²) in [5.74, 6) is 0.897. The number of fused-ring (bicyclic) bond motifs is 4. The van der Waals surface area contributed by atoms with Crippen molar-refractivity contribution in [3.63, 3.8) is 0 Å². The van der Waals surface area contributed by atoms with Gasteiger partial charge in [-0.3, -0.25) is 9.69 Å². The lowest BCUT2D eigenvalue weighted by atomic mass is 10.1. The lowest BCUT2D eigenvalue weighted by molar-refractivity contribution is 0.0653. The molecule has 3 aromatic rings. The Balaban J connectivity index is 1.36. The maximum absolute atomic E-state index is 13.1. The molecule has 4 N–H and O–H groups in total. The SMILES string of the molecule is NC(=O)N(c1ccc(-c2ccc(C(=O)N3CCN4CCC3CC4)o2)cc1)c1ccccc1N. The van der Waals surface area contributed by atoms with Gasteiger partial charge in [0, 0.05) is 37.8 Å². The standard InChI is InChI=1S/C25H27N5O3/c26-20-3-1-2-4-21(20)30(25(27)32)19-7-5-17(6-8-19)22-9-10-23(33-22)24(31)29-16-15-28-13-11-18(29)12-14-28/h1-10,18H,11-16,26H2,(H2,27,32). The molecule has 1 aromatic heterocycles. The van der Waals surface area contributed by atoms with Gasteiger partial charge in [-0.25, -0.2) is 4.79 Å². The summed E-state index contributed by atoms with van der Waals surface area (Å²) in [6.45, 7) is 3.77. The van der Waals surface area contributed by atoms with Gasteiger partial charge >= 0.3 is 6.03 Å². The van der Waals surface area contributed by atoms with Crippen molar-refractivity contribution in [3.8, 4) is 11.3 Å². The van der Waals surface area contributed by atoms with E-state index in [1.807, 2.05) is 23.1 Å². The summed E-state index contributed by atoms with van der Waals surface area (Å²) in [5.41, 5.74) is 14.0. The van der Waals surface area contributed by atoms with Gasteiger partial charge in [0.15, 0.2) is 5.76 Å². The third-order valence-corrected chi connectivity index (χ3v) is 6.54. The monoisotopic (exact) mass is 445 g/mol. The molecule has 2 bridgehead atoms. The van der Waals surface area contributed by atoms with Gasteiger partial charge in [-0.15, -0.1) is 0 Å². The second-order valence-electron chi connectivity index (χ2n) is 8.51. The first-order chi connectivity index (χ1) is 16.0. The summed E-state index contributed by atoms with van der Waals surface area (Å²) in [5, 5.41) is 0. The Morgan fingerprint density at radius 2 is 1.64 bits per heavy atom. The van der Waals surface area contributed by atoms with E-state index in [4.69, 9.17) is 15.9 Å². The van der Waals surface area contributed by atoms with E-state index in [9.17, 15) is 9.59 Å². The molecular weight excluding hydrogens is 418 g/mol. The molecule has 3 aliphatic rings. The van der Waals surface area contributed by atoms with Crippen LogP contribution < -0.4 is 16.4 Å². The number of carbonyl (C=O) groups is 2. The van der Waals surface area contributed by atoms with Crippen LogP contribution in [0.15, 0.2) is 65.1 Å². The van der Waals surface area contributed by atoms with Gasteiger partial charge in [-0.1, -0.05) is 12.1 Å². The Morgan fingerprint density at radius 3 is 2.33 bits per heavy atom. The van der Waals surface area contributed by atoms with Crippen molar-refractivity contribution in [1.82, 2.24) is 9.80 Å². The molecule has 0 radical (unpaired) electrons. The zero-order valence-electron chi connectivity index (χ0n) is 18.3. The minimum absolute atomic E-state index is 0.0499. The molecule has 0 aliphatic carbocycles. The van der Waals surface area contributed by atoms with Crippen LogP contribution >= 0.6 is 0 Å². The number of hydrogen-bond donors (Lipinski definition) is 2. The maximum atomic E-state index is 13.1. The predicted molar refractivity (Wildman–Crippen MR) is 127 cm³/mol. The fourth-order valence-electron chi connectivity index (χ4n) is 4.75. The van der Waals surface area contributed by atoms with Crippen molar-refractivity contribution in [1.29, 1.82) is 0 Å². The third-order valence-electron chi connectivity index (χ3n) is 6.54. The number of rotatable bonds is 4. The molecule has 170 valence electrons. The third kappa shape index (κ3) is 4.05. The van der Waals surface area contributed by atoms with Crippen LogP contribution in [0.4, 0.5) is 21.9 Å². The molecule has 4 heterocycles. The van der Waals surface area contributed by atoms with E-state index in [0.29, 0.717) is 28.6 Å². The van der Waals surface area contributed by atoms with Crippen LogP contribution in [0.3, 0.4) is 0 Å². The van der Waals surface area contributed by atoms with Crippen LogP contribution in [0.5, 0.6) is 0 Å². The molecule has 8 nitrogen and oxygen atoms in total. The van der Waals surface area contributed by atoms with Gasteiger partial charge in [-0.2, -0.15) is 0 Å². The van der Waals surface area contributed by atoms with E-state index in [1.165, 1.54) is 4.90 Å². The van der Waals surface area contributed by atoms with Gasteiger partial charge in [0.05, 0.1) is 17.1 Å². The van der Waals surface area contributed by atoms with Crippen LogP contribution in [-0.4, -0.2) is 54.0 Å². The normalized spacial score (nSPS) is 19.8. The fraction of sp³-hybridized carbons (Fsp3) is 0.280. The molecule has 8 heteroatoms. The molecule has 0 spiro atoms. The van der Waals surface area contributed by atoms with Crippen LogP contribution in [-0.2, 0) is 0 Å². The first kappa shape index (κ1) is 21.1. The van der Waals surface area contributed by atoms with Crippen molar-refractivity contribution in [2.75, 3.05) is 36.8 Å². The number of para-hydroxylation sites is 2. The maximum Gasteiger partial charge on any atom is 0.323 e. The molecule has 0 unspecified atom stereocenters. The summed E-state index contributed by atoms with van der Waals surface area (Å²) in [6, 6.07) is 17.5. The Bertz CT molecular complexity index is 1160. The van der Waals surface area contributed by atoms with Gasteiger partial charge in [0.2, 0.25) is 0 Å². The van der Waals surface area contributed by atoms with E-state index in [2.05, 4.69) is 4.90 Å². The average molecular weight is 446 g/mol. The topological polar surface area (TPSA) is 109 Å². The molecule has 3 amide bonds. The van der Waals surface area contributed by atoms with Crippen molar-refractivity contribution >= 4 is 29.0 Å². The minimum Gasteiger partial charge on any atom is -0.451 e. The predicted octanol–water partition coefficient (Wildman–Crippen LogP) is 3.67. The highest BCUT2D eigenvalue weighted by molar-refractivity contribution is 6.01. The summed E-state index contributed by atoms with van der Waals surface area (Å²) in [4.78, 5) is 31.0. The Hall–Kier alpha value is -3.78. The number of urea groups is 1. The Labute approximate surface area is 192 Å². The number of carbonyl (C=O) groups excluding carboxylic acids is 2. The molecule has 2 aromatic carbocycles. The lowest BCUT2D eigenvalue weighted by Gasteiger charge is -2.30. The van der Waals surface area contributed by atoms with E-state index >= 15 is 0 Å². The fourth-order valence-corrected chi connectivity index (χ4v) is 4.75. The first-order valence-electron chi connectivity index (χ1n) is 11.2. The van der Waals surface area contributed by atoms with Crippen LogP contribution in [0.25, 0.3) is 11.3 Å². The van der Waals surface area contributed by atoms with Crippen LogP contribution in [0.2, 0.25) is 0 Å². The molecule has 6 rings (SSSR count). The average Bonchev–Trinajstić information content (AvgIpc) is 3.13. The highest BCUT2D eigenvalue weighted by atomic mass is 16.4. The molecule has 0 atom stereocenters. The smallest absolute Gasteiger partial charge is 0.323 e. The molecular formula is C25H27N5O3. The number of hydrogen-bond acceptors (Lipinski definition) is 5. The van der Waals surface area contributed by atoms with Gasteiger partial charge in [-0.05, 0) is 61.4 Å². The number of nitrogens with two attached hydrogens (primary N) is 2. The van der Waals surface area contributed by atoms with E-state index < -0.39 is 6.03 Å². The molecule has 0 saturated carbocycles. The zero-order chi connectivity index (χ0) is 22.9. The summed E-state index contributed by atoms with van der Waals surface area (Å²) < 4.78 is 5.95. The number of piperidine rings is 1. The highest BCUT2D eigenvalue weighted by Crippen LogP contribution is 2.32. The largest absolute Gasteiger partial charge is 0.451 e.